The van der Waals surface area contributed by atoms with Gasteiger partial charge < -0.3 is 20.5 Å². The Labute approximate surface area is 182 Å². The number of nitrogens with two attached hydrogens (primary N) is 1. The Hall–Kier alpha value is -3.45. The number of benzene rings is 1. The van der Waals surface area contributed by atoms with Gasteiger partial charge in [0.1, 0.15) is 17.5 Å². The Morgan fingerprint density at radius 1 is 0.968 bits per heavy atom. The van der Waals surface area contributed by atoms with E-state index in [2.05, 4.69) is 15.3 Å². The number of amides is 1. The van der Waals surface area contributed by atoms with Crippen molar-refractivity contribution in [2.75, 3.05) is 20.8 Å². The van der Waals surface area contributed by atoms with E-state index in [0.29, 0.717) is 23.6 Å². The number of aromatic nitrogens is 2. The van der Waals surface area contributed by atoms with Crippen molar-refractivity contribution >= 4 is 5.91 Å². The van der Waals surface area contributed by atoms with Crippen LogP contribution in [0.15, 0.2) is 61.2 Å². The lowest BCUT2D eigenvalue weighted by atomic mass is 10.00. The van der Waals surface area contributed by atoms with Crippen LogP contribution >= 0.6 is 0 Å². The Morgan fingerprint density at radius 2 is 1.74 bits per heavy atom. The fourth-order valence-corrected chi connectivity index (χ4v) is 3.53. The summed E-state index contributed by atoms with van der Waals surface area (Å²) in [6.45, 7) is 0.578. The lowest BCUT2D eigenvalue weighted by Crippen LogP contribution is -2.35. The summed E-state index contributed by atoms with van der Waals surface area (Å²) >= 11 is 0. The summed E-state index contributed by atoms with van der Waals surface area (Å²) in [6, 6.07) is 10.7. The molecule has 0 fully saturated rings. The molecule has 7 nitrogen and oxygen atoms in total. The number of nitrogens with zero attached hydrogens (tertiary/aromatic N) is 2. The number of aryl methyl sites for hydroxylation is 2. The number of carbonyl (C=O) groups excluding carboxylic acids is 1. The summed E-state index contributed by atoms with van der Waals surface area (Å²) in [6.07, 6.45) is 9.87. The summed E-state index contributed by atoms with van der Waals surface area (Å²) in [7, 11) is 3.14. The predicted molar refractivity (Wildman–Crippen MR) is 119 cm³/mol. The molecule has 3 N–H and O–H groups in total. The van der Waals surface area contributed by atoms with Gasteiger partial charge in [-0.25, -0.2) is 0 Å². The van der Waals surface area contributed by atoms with Crippen LogP contribution in [-0.4, -0.2) is 36.6 Å². The quantitative estimate of drug-likeness (QED) is 0.495. The molecular formula is C24H28N4O3. The van der Waals surface area contributed by atoms with Gasteiger partial charge in [0, 0.05) is 43.0 Å². The summed E-state index contributed by atoms with van der Waals surface area (Å²) in [4.78, 5) is 20.5. The first kappa shape index (κ1) is 22.2. The van der Waals surface area contributed by atoms with E-state index in [1.807, 2.05) is 24.4 Å². The van der Waals surface area contributed by atoms with Crippen LogP contribution in [0.25, 0.3) is 0 Å². The number of hydrogen-bond acceptors (Lipinski definition) is 6. The molecule has 1 amide bonds. The van der Waals surface area contributed by atoms with Crippen LogP contribution in [0.3, 0.4) is 0 Å². The van der Waals surface area contributed by atoms with Crippen molar-refractivity contribution in [3.8, 4) is 11.5 Å². The third-order valence-corrected chi connectivity index (χ3v) is 5.22. The van der Waals surface area contributed by atoms with E-state index in [9.17, 15) is 4.79 Å². The van der Waals surface area contributed by atoms with Gasteiger partial charge in [0.05, 0.1) is 14.2 Å². The fraction of sp³-hybridized carbons (Fsp3) is 0.292. The van der Waals surface area contributed by atoms with Gasteiger partial charge in [-0.1, -0.05) is 0 Å². The standard InChI is InChI=1S/C24H28N4O3/c1-30-20-5-6-21(22(15-20)31-2)23(24(25)29)28-14-10-18-9-13-27-16-19(18)4-3-17-7-11-26-12-8-17/h5-9,11-13,15-16,23,28H,3-4,10,14H2,1-2H3,(H2,25,29). The van der Waals surface area contributed by atoms with E-state index >= 15 is 0 Å². The first-order chi connectivity index (χ1) is 15.1. The van der Waals surface area contributed by atoms with Gasteiger partial charge in [-0.3, -0.25) is 14.8 Å². The Kier molecular flexibility index (Phi) is 7.95. The van der Waals surface area contributed by atoms with Crippen LogP contribution in [0.5, 0.6) is 11.5 Å². The summed E-state index contributed by atoms with van der Waals surface area (Å²) in [5.41, 5.74) is 9.99. The van der Waals surface area contributed by atoms with E-state index in [-0.39, 0.29) is 0 Å². The highest BCUT2D eigenvalue weighted by molar-refractivity contribution is 5.82. The summed E-state index contributed by atoms with van der Waals surface area (Å²) in [5, 5.41) is 3.27. The van der Waals surface area contributed by atoms with E-state index in [1.165, 1.54) is 16.7 Å². The van der Waals surface area contributed by atoms with Gasteiger partial charge in [0.2, 0.25) is 5.91 Å². The predicted octanol–water partition coefficient (Wildman–Crippen LogP) is 2.64. The molecule has 3 rings (SSSR count). The number of hydrogen-bond donors (Lipinski definition) is 2. The molecule has 31 heavy (non-hydrogen) atoms. The minimum absolute atomic E-state index is 0.462. The van der Waals surface area contributed by atoms with Gasteiger partial charge in [-0.2, -0.15) is 0 Å². The summed E-state index contributed by atoms with van der Waals surface area (Å²) in [5.74, 6) is 0.744. The number of pyridine rings is 2. The number of carbonyl (C=O) groups is 1. The van der Waals surface area contributed by atoms with E-state index in [1.54, 1.807) is 51.0 Å². The topological polar surface area (TPSA) is 99.4 Å². The van der Waals surface area contributed by atoms with E-state index in [4.69, 9.17) is 15.2 Å². The van der Waals surface area contributed by atoms with Crippen LogP contribution in [0.2, 0.25) is 0 Å². The van der Waals surface area contributed by atoms with E-state index < -0.39 is 11.9 Å². The van der Waals surface area contributed by atoms with Crippen LogP contribution in [-0.2, 0) is 24.1 Å². The van der Waals surface area contributed by atoms with Crippen molar-refractivity contribution in [1.82, 2.24) is 15.3 Å². The molecular weight excluding hydrogens is 392 g/mol. The van der Waals surface area contributed by atoms with Gasteiger partial charge in [0.25, 0.3) is 0 Å². The molecule has 0 aliphatic carbocycles. The minimum Gasteiger partial charge on any atom is -0.497 e. The third-order valence-electron chi connectivity index (χ3n) is 5.22. The molecule has 2 aromatic heterocycles. The molecule has 1 unspecified atom stereocenters. The zero-order valence-corrected chi connectivity index (χ0v) is 17.9. The van der Waals surface area contributed by atoms with Crippen molar-refractivity contribution in [2.45, 2.75) is 25.3 Å². The number of methoxy groups -OCH3 is 2. The third kappa shape index (κ3) is 6.02. The van der Waals surface area contributed by atoms with Gasteiger partial charge in [0.15, 0.2) is 0 Å². The molecule has 0 aliphatic rings. The van der Waals surface area contributed by atoms with Crippen LogP contribution in [0.4, 0.5) is 0 Å². The van der Waals surface area contributed by atoms with E-state index in [0.717, 1.165) is 19.3 Å². The maximum Gasteiger partial charge on any atom is 0.239 e. The number of primary amides is 1. The zero-order valence-electron chi connectivity index (χ0n) is 17.9. The summed E-state index contributed by atoms with van der Waals surface area (Å²) < 4.78 is 10.7. The molecule has 0 radical (unpaired) electrons. The van der Waals surface area contributed by atoms with Crippen LogP contribution < -0.4 is 20.5 Å². The molecule has 1 aromatic carbocycles. The fourth-order valence-electron chi connectivity index (χ4n) is 3.53. The zero-order chi connectivity index (χ0) is 22.1. The van der Waals surface area contributed by atoms with Crippen LogP contribution in [0, 0.1) is 0 Å². The average Bonchev–Trinajstić information content (AvgIpc) is 2.81. The van der Waals surface area contributed by atoms with Crippen molar-refractivity contribution in [1.29, 1.82) is 0 Å². The largest absolute Gasteiger partial charge is 0.497 e. The number of ether oxygens (including phenoxy) is 2. The molecule has 7 heteroatoms. The SMILES string of the molecule is COc1ccc(C(NCCc2ccncc2CCc2ccncc2)C(N)=O)c(OC)c1. The van der Waals surface area contributed by atoms with Crippen molar-refractivity contribution < 1.29 is 14.3 Å². The first-order valence-electron chi connectivity index (χ1n) is 10.2. The second-order valence-electron chi connectivity index (χ2n) is 7.15. The molecule has 0 saturated heterocycles. The molecule has 0 bridgehead atoms. The molecule has 1 atom stereocenters. The normalized spacial score (nSPS) is 11.7. The highest BCUT2D eigenvalue weighted by Crippen LogP contribution is 2.29. The lowest BCUT2D eigenvalue weighted by molar-refractivity contribution is -0.120. The monoisotopic (exact) mass is 420 g/mol. The van der Waals surface area contributed by atoms with Gasteiger partial charge in [-0.15, -0.1) is 0 Å². The minimum atomic E-state index is -0.664. The Bertz CT molecular complexity index is 995. The van der Waals surface area contributed by atoms with Crippen molar-refractivity contribution in [2.24, 2.45) is 5.73 Å². The molecule has 3 aromatic rings. The van der Waals surface area contributed by atoms with Crippen molar-refractivity contribution in [3.05, 3.63) is 83.4 Å². The first-order valence-corrected chi connectivity index (χ1v) is 10.2. The van der Waals surface area contributed by atoms with Gasteiger partial charge >= 0.3 is 0 Å². The lowest BCUT2D eigenvalue weighted by Gasteiger charge is -2.19. The smallest absolute Gasteiger partial charge is 0.239 e. The number of rotatable bonds is 11. The van der Waals surface area contributed by atoms with Crippen LogP contribution in [0.1, 0.15) is 28.3 Å². The molecule has 0 saturated carbocycles. The second kappa shape index (κ2) is 11.1. The molecule has 2 heterocycles. The second-order valence-corrected chi connectivity index (χ2v) is 7.15. The Morgan fingerprint density at radius 3 is 2.45 bits per heavy atom. The maximum absolute atomic E-state index is 12.1. The highest BCUT2D eigenvalue weighted by Gasteiger charge is 2.21. The van der Waals surface area contributed by atoms with Gasteiger partial charge in [-0.05, 0) is 66.3 Å². The van der Waals surface area contributed by atoms with Crippen molar-refractivity contribution in [3.63, 3.8) is 0 Å². The number of nitrogens with one attached hydrogen (secondary N) is 1. The maximum atomic E-state index is 12.1. The Balaban J connectivity index is 1.66. The molecule has 162 valence electrons. The molecule has 0 aliphatic heterocycles. The highest BCUT2D eigenvalue weighted by atomic mass is 16.5. The molecule has 0 spiro atoms. The average molecular weight is 421 g/mol.